The number of likely N-dealkylation sites (tertiary alicyclic amines) is 2. The van der Waals surface area contributed by atoms with Gasteiger partial charge in [-0.2, -0.15) is 0 Å². The third-order valence-corrected chi connectivity index (χ3v) is 5.88. The van der Waals surface area contributed by atoms with E-state index in [-0.39, 0.29) is 10.8 Å². The van der Waals surface area contributed by atoms with Gasteiger partial charge < -0.3 is 9.64 Å². The summed E-state index contributed by atoms with van der Waals surface area (Å²) in [5.41, 5.74) is 1.49. The summed E-state index contributed by atoms with van der Waals surface area (Å²) in [6, 6.07) is 5.05. The average molecular weight is 341 g/mol. The zero-order chi connectivity index (χ0) is 16.4. The maximum absolute atomic E-state index is 13.3. The number of hydrogen-bond acceptors (Lipinski definition) is 3. The van der Waals surface area contributed by atoms with Gasteiger partial charge in [0.2, 0.25) is 0 Å². The molecule has 3 rings (SSSR count). The summed E-state index contributed by atoms with van der Waals surface area (Å²) in [5.74, 6) is 0.296. The van der Waals surface area contributed by atoms with Gasteiger partial charge in [-0.3, -0.25) is 4.90 Å². The number of piperidine rings is 1. The maximum atomic E-state index is 13.3. The number of ether oxygens (including phenoxy) is 1. The molecule has 23 heavy (non-hydrogen) atoms. The minimum absolute atomic E-state index is 0.216. The molecule has 3 nitrogen and oxygen atoms in total. The summed E-state index contributed by atoms with van der Waals surface area (Å²) in [7, 11) is 4.02. The van der Waals surface area contributed by atoms with Gasteiger partial charge in [-0.05, 0) is 56.1 Å². The second-order valence-corrected chi connectivity index (χ2v) is 7.64. The van der Waals surface area contributed by atoms with Gasteiger partial charge >= 0.3 is 0 Å². The van der Waals surface area contributed by atoms with Crippen LogP contribution in [-0.2, 0) is 11.3 Å². The van der Waals surface area contributed by atoms with Crippen molar-refractivity contribution in [2.45, 2.75) is 19.4 Å². The summed E-state index contributed by atoms with van der Waals surface area (Å²) in [5, 5.41) is 0.216. The van der Waals surface area contributed by atoms with Crippen LogP contribution in [0.15, 0.2) is 18.2 Å². The molecule has 0 amide bonds. The van der Waals surface area contributed by atoms with E-state index < -0.39 is 0 Å². The number of hydrogen-bond donors (Lipinski definition) is 0. The molecule has 0 radical (unpaired) electrons. The van der Waals surface area contributed by atoms with Gasteiger partial charge in [-0.1, -0.05) is 17.7 Å². The van der Waals surface area contributed by atoms with Gasteiger partial charge in [0.25, 0.3) is 0 Å². The molecule has 2 aliphatic heterocycles. The Morgan fingerprint density at radius 3 is 2.74 bits per heavy atom. The Morgan fingerprint density at radius 2 is 2.09 bits per heavy atom. The van der Waals surface area contributed by atoms with Crippen molar-refractivity contribution in [1.29, 1.82) is 0 Å². The highest BCUT2D eigenvalue weighted by Crippen LogP contribution is 2.44. The highest BCUT2D eigenvalue weighted by Gasteiger charge is 2.46. The quantitative estimate of drug-likeness (QED) is 0.836. The zero-order valence-electron chi connectivity index (χ0n) is 14.0. The van der Waals surface area contributed by atoms with Gasteiger partial charge in [0.15, 0.2) is 0 Å². The molecule has 0 bridgehead atoms. The Hall–Kier alpha value is -0.680. The van der Waals surface area contributed by atoms with E-state index in [0.29, 0.717) is 11.3 Å². The lowest BCUT2D eigenvalue weighted by atomic mass is 9.71. The Kier molecular flexibility index (Phi) is 5.26. The molecule has 5 heteroatoms. The van der Waals surface area contributed by atoms with E-state index >= 15 is 0 Å². The van der Waals surface area contributed by atoms with Crippen molar-refractivity contribution in [3.63, 3.8) is 0 Å². The average Bonchev–Trinajstić information content (AvgIpc) is 2.82. The number of nitrogens with zero attached hydrogens (tertiary/aromatic N) is 2. The van der Waals surface area contributed by atoms with E-state index in [1.54, 1.807) is 13.2 Å². The van der Waals surface area contributed by atoms with Gasteiger partial charge in [-0.25, -0.2) is 4.39 Å². The smallest absolute Gasteiger partial charge is 0.141 e. The zero-order valence-corrected chi connectivity index (χ0v) is 14.8. The van der Waals surface area contributed by atoms with Crippen molar-refractivity contribution in [1.82, 2.24) is 9.80 Å². The first-order chi connectivity index (χ1) is 11.0. The summed E-state index contributed by atoms with van der Waals surface area (Å²) in [6.45, 7) is 6.20. The number of halogens is 2. The Balaban J connectivity index is 1.60. The molecule has 128 valence electrons. The predicted molar refractivity (Wildman–Crippen MR) is 91.2 cm³/mol. The van der Waals surface area contributed by atoms with Crippen LogP contribution in [0.4, 0.5) is 4.39 Å². The Labute approximate surface area is 143 Å². The molecule has 2 heterocycles. The second kappa shape index (κ2) is 7.06. The summed E-state index contributed by atoms with van der Waals surface area (Å²) >= 11 is 5.89. The van der Waals surface area contributed by atoms with E-state index in [0.717, 1.165) is 38.3 Å². The molecule has 2 fully saturated rings. The Bertz CT molecular complexity index is 546. The molecular weight excluding hydrogens is 315 g/mol. The molecule has 0 unspecified atom stereocenters. The number of rotatable bonds is 4. The third kappa shape index (κ3) is 3.71. The van der Waals surface area contributed by atoms with Crippen LogP contribution in [0.25, 0.3) is 0 Å². The van der Waals surface area contributed by atoms with Crippen molar-refractivity contribution in [3.05, 3.63) is 34.6 Å². The van der Waals surface area contributed by atoms with Gasteiger partial charge in [0, 0.05) is 32.7 Å². The van der Waals surface area contributed by atoms with Gasteiger partial charge in [0.1, 0.15) is 5.82 Å². The summed E-state index contributed by atoms with van der Waals surface area (Å²) in [4.78, 5) is 4.90. The molecule has 1 atom stereocenters. The molecule has 0 aliphatic carbocycles. The van der Waals surface area contributed by atoms with Crippen molar-refractivity contribution in [2.24, 2.45) is 11.3 Å². The van der Waals surface area contributed by atoms with Crippen LogP contribution in [0.2, 0.25) is 5.02 Å². The normalized spacial score (nSPS) is 25.3. The van der Waals surface area contributed by atoms with Crippen molar-refractivity contribution in [2.75, 3.05) is 46.9 Å². The van der Waals surface area contributed by atoms with Crippen molar-refractivity contribution in [3.8, 4) is 0 Å². The van der Waals surface area contributed by atoms with E-state index in [9.17, 15) is 4.39 Å². The molecular formula is C18H26ClFN2O. The first-order valence-electron chi connectivity index (χ1n) is 8.36. The minimum Gasteiger partial charge on any atom is -0.384 e. The van der Waals surface area contributed by atoms with Gasteiger partial charge in [0.05, 0.1) is 11.6 Å². The first kappa shape index (κ1) is 17.2. The molecule has 1 aromatic carbocycles. The molecule has 1 spiro atoms. The fourth-order valence-electron chi connectivity index (χ4n) is 4.35. The van der Waals surface area contributed by atoms with Crippen molar-refractivity contribution >= 4 is 11.6 Å². The van der Waals surface area contributed by atoms with Crippen LogP contribution >= 0.6 is 11.6 Å². The SMILES string of the molecule is COC[C@H]1CN(C)CC12CCN(Cc1ccc(F)c(Cl)c1)CC2. The van der Waals surface area contributed by atoms with Crippen molar-refractivity contribution < 1.29 is 9.13 Å². The lowest BCUT2D eigenvalue weighted by Crippen LogP contribution is -2.44. The lowest BCUT2D eigenvalue weighted by Gasteiger charge is -2.42. The molecule has 0 saturated carbocycles. The van der Waals surface area contributed by atoms with Crippen LogP contribution in [0.3, 0.4) is 0 Å². The fourth-order valence-corrected chi connectivity index (χ4v) is 4.55. The predicted octanol–water partition coefficient (Wildman–Crippen LogP) is 3.27. The maximum Gasteiger partial charge on any atom is 0.141 e. The monoisotopic (exact) mass is 340 g/mol. The van der Waals surface area contributed by atoms with E-state index in [2.05, 4.69) is 16.8 Å². The molecule has 0 aromatic heterocycles. The summed E-state index contributed by atoms with van der Waals surface area (Å²) < 4.78 is 18.7. The number of methoxy groups -OCH3 is 1. The minimum atomic E-state index is -0.343. The molecule has 0 N–H and O–H groups in total. The number of benzene rings is 1. The van der Waals surface area contributed by atoms with E-state index in [1.807, 2.05) is 6.07 Å². The third-order valence-electron chi connectivity index (χ3n) is 5.59. The van der Waals surface area contributed by atoms with Crippen LogP contribution < -0.4 is 0 Å². The van der Waals surface area contributed by atoms with Crippen LogP contribution in [0.1, 0.15) is 18.4 Å². The largest absolute Gasteiger partial charge is 0.384 e. The fraction of sp³-hybridized carbons (Fsp3) is 0.667. The molecule has 2 saturated heterocycles. The van der Waals surface area contributed by atoms with Crippen LogP contribution in [0, 0.1) is 17.2 Å². The highest BCUT2D eigenvalue weighted by molar-refractivity contribution is 6.30. The summed E-state index contributed by atoms with van der Waals surface area (Å²) in [6.07, 6.45) is 2.42. The topological polar surface area (TPSA) is 15.7 Å². The first-order valence-corrected chi connectivity index (χ1v) is 8.74. The van der Waals surface area contributed by atoms with E-state index in [4.69, 9.17) is 16.3 Å². The van der Waals surface area contributed by atoms with Crippen LogP contribution in [-0.4, -0.2) is 56.7 Å². The highest BCUT2D eigenvalue weighted by atomic mass is 35.5. The Morgan fingerprint density at radius 1 is 1.35 bits per heavy atom. The standard InChI is InChI=1S/C18H26ClFN2O/c1-21-11-15(12-23-2)18(13-21)5-7-22(8-6-18)10-14-3-4-17(20)16(19)9-14/h3-4,9,15H,5-8,10-13H2,1-2H3/t15-/m1/s1. The van der Waals surface area contributed by atoms with Crippen LogP contribution in [0.5, 0.6) is 0 Å². The van der Waals surface area contributed by atoms with E-state index in [1.165, 1.54) is 25.5 Å². The lowest BCUT2D eigenvalue weighted by molar-refractivity contribution is 0.0354. The molecule has 2 aliphatic rings. The van der Waals surface area contributed by atoms with Gasteiger partial charge in [-0.15, -0.1) is 0 Å². The molecule has 1 aromatic rings. The second-order valence-electron chi connectivity index (χ2n) is 7.24.